The Morgan fingerprint density at radius 3 is 2.40 bits per heavy atom. The lowest BCUT2D eigenvalue weighted by atomic mass is 10.1. The van der Waals surface area contributed by atoms with E-state index in [0.29, 0.717) is 0 Å². The second-order valence-electron chi connectivity index (χ2n) is 3.01. The fourth-order valence-electron chi connectivity index (χ4n) is 0.574. The van der Waals surface area contributed by atoms with E-state index in [1.807, 2.05) is 0 Å². The summed E-state index contributed by atoms with van der Waals surface area (Å²) in [5, 5.41) is 0. The van der Waals surface area contributed by atoms with E-state index in [9.17, 15) is 0 Å². The van der Waals surface area contributed by atoms with E-state index in [4.69, 9.17) is 0 Å². The van der Waals surface area contributed by atoms with Gasteiger partial charge in [0.25, 0.3) is 0 Å². The molecule has 0 aliphatic heterocycles. The van der Waals surface area contributed by atoms with Crippen LogP contribution < -0.4 is 0 Å². The van der Waals surface area contributed by atoms with Crippen LogP contribution in [0.5, 0.6) is 0 Å². The van der Waals surface area contributed by atoms with Gasteiger partial charge >= 0.3 is 0 Å². The molecule has 1 unspecified atom stereocenters. The van der Waals surface area contributed by atoms with Crippen molar-refractivity contribution >= 4 is 0 Å². The summed E-state index contributed by atoms with van der Waals surface area (Å²) in [7, 11) is 0. The summed E-state index contributed by atoms with van der Waals surface area (Å²) in [6.07, 6.45) is 7.76. The van der Waals surface area contributed by atoms with Crippen LogP contribution in [0.2, 0.25) is 0 Å². The first-order valence-corrected chi connectivity index (χ1v) is 3.98. The second kappa shape index (κ2) is 5.28. The molecular formula is C10H18. The van der Waals surface area contributed by atoms with Crippen LogP contribution in [0.1, 0.15) is 34.1 Å². The molecule has 58 valence electrons. The lowest BCUT2D eigenvalue weighted by molar-refractivity contribution is 0.698. The van der Waals surface area contributed by atoms with Gasteiger partial charge in [0.1, 0.15) is 0 Å². The van der Waals surface area contributed by atoms with Crippen molar-refractivity contribution in [2.45, 2.75) is 34.1 Å². The lowest BCUT2D eigenvalue weighted by Gasteiger charge is -1.96. The van der Waals surface area contributed by atoms with E-state index in [0.717, 1.165) is 5.92 Å². The first-order valence-electron chi connectivity index (χ1n) is 3.98. The zero-order chi connectivity index (χ0) is 7.98. The molecule has 0 bridgehead atoms. The Bertz CT molecular complexity index is 125. The summed E-state index contributed by atoms with van der Waals surface area (Å²) >= 11 is 0. The highest BCUT2D eigenvalue weighted by Gasteiger charge is 1.87. The van der Waals surface area contributed by atoms with E-state index >= 15 is 0 Å². The van der Waals surface area contributed by atoms with Crippen molar-refractivity contribution in [3.8, 4) is 0 Å². The molecule has 0 nitrogen and oxygen atoms in total. The first-order chi connectivity index (χ1) is 4.66. The molecule has 0 aliphatic carbocycles. The van der Waals surface area contributed by atoms with Crippen molar-refractivity contribution in [1.82, 2.24) is 0 Å². The largest absolute Gasteiger partial charge is 0.0817 e. The minimum atomic E-state index is 0.718. The molecule has 0 heteroatoms. The molecule has 0 heterocycles. The zero-order valence-corrected chi connectivity index (χ0v) is 7.52. The Morgan fingerprint density at radius 1 is 1.40 bits per heavy atom. The van der Waals surface area contributed by atoms with Crippen LogP contribution in [0, 0.1) is 5.92 Å². The van der Waals surface area contributed by atoms with Crippen LogP contribution in [0.15, 0.2) is 23.8 Å². The van der Waals surface area contributed by atoms with Crippen LogP contribution in [0.3, 0.4) is 0 Å². The van der Waals surface area contributed by atoms with Gasteiger partial charge in [-0.05, 0) is 19.8 Å². The predicted octanol–water partition coefficient (Wildman–Crippen LogP) is 3.55. The molecule has 0 aliphatic rings. The van der Waals surface area contributed by atoms with Crippen LogP contribution in [-0.2, 0) is 0 Å². The third-order valence-electron chi connectivity index (χ3n) is 1.51. The Balaban J connectivity index is 3.66. The predicted molar refractivity (Wildman–Crippen MR) is 48.0 cm³/mol. The van der Waals surface area contributed by atoms with Crippen LogP contribution in [0.25, 0.3) is 0 Å². The third kappa shape index (κ3) is 5.61. The maximum Gasteiger partial charge on any atom is -0.0261 e. The maximum atomic E-state index is 2.24. The molecule has 0 amide bonds. The summed E-state index contributed by atoms with van der Waals surface area (Å²) in [6, 6.07) is 0. The molecule has 0 rings (SSSR count). The Hall–Kier alpha value is -0.520. The average Bonchev–Trinajstić information content (AvgIpc) is 1.87. The number of allylic oxidation sites excluding steroid dienone is 4. The van der Waals surface area contributed by atoms with E-state index in [1.54, 1.807) is 0 Å². The number of hydrogen-bond donors (Lipinski definition) is 0. The van der Waals surface area contributed by atoms with Gasteiger partial charge in [0.2, 0.25) is 0 Å². The first kappa shape index (κ1) is 9.48. The summed E-state index contributed by atoms with van der Waals surface area (Å²) in [5.41, 5.74) is 1.36. The van der Waals surface area contributed by atoms with Crippen molar-refractivity contribution in [2.24, 2.45) is 5.92 Å². The highest BCUT2D eigenvalue weighted by Crippen LogP contribution is 2.02. The van der Waals surface area contributed by atoms with Gasteiger partial charge in [-0.15, -0.1) is 0 Å². The van der Waals surface area contributed by atoms with Crippen molar-refractivity contribution in [3.63, 3.8) is 0 Å². The van der Waals surface area contributed by atoms with Crippen molar-refractivity contribution < 1.29 is 0 Å². The normalized spacial score (nSPS) is 13.6. The topological polar surface area (TPSA) is 0 Å². The number of rotatable bonds is 3. The SMILES string of the molecule is CCC(C)/C=C/C=C(C)C. The molecule has 0 fully saturated rings. The minimum Gasteiger partial charge on any atom is -0.0817 e. The van der Waals surface area contributed by atoms with E-state index < -0.39 is 0 Å². The molecule has 0 aromatic carbocycles. The summed E-state index contributed by atoms with van der Waals surface area (Å²) < 4.78 is 0. The molecule has 0 radical (unpaired) electrons. The van der Waals surface area contributed by atoms with Crippen LogP contribution in [0.4, 0.5) is 0 Å². The molecule has 10 heavy (non-hydrogen) atoms. The molecule has 0 N–H and O–H groups in total. The average molecular weight is 138 g/mol. The van der Waals surface area contributed by atoms with Gasteiger partial charge in [-0.2, -0.15) is 0 Å². The van der Waals surface area contributed by atoms with Crippen molar-refractivity contribution in [2.75, 3.05) is 0 Å². The van der Waals surface area contributed by atoms with Gasteiger partial charge < -0.3 is 0 Å². The fourth-order valence-corrected chi connectivity index (χ4v) is 0.574. The molecule has 0 aromatic rings. The van der Waals surface area contributed by atoms with Crippen molar-refractivity contribution in [1.29, 1.82) is 0 Å². The van der Waals surface area contributed by atoms with Crippen LogP contribution >= 0.6 is 0 Å². The monoisotopic (exact) mass is 138 g/mol. The summed E-state index contributed by atoms with van der Waals surface area (Å²) in [5.74, 6) is 0.718. The third-order valence-corrected chi connectivity index (χ3v) is 1.51. The fraction of sp³-hybridized carbons (Fsp3) is 0.600. The Morgan fingerprint density at radius 2 is 2.00 bits per heavy atom. The number of hydrogen-bond acceptors (Lipinski definition) is 0. The Labute approximate surface area is 64.6 Å². The van der Waals surface area contributed by atoms with Gasteiger partial charge in [-0.1, -0.05) is 44.1 Å². The second-order valence-corrected chi connectivity index (χ2v) is 3.01. The van der Waals surface area contributed by atoms with Gasteiger partial charge in [0.15, 0.2) is 0 Å². The molecule has 0 aromatic heterocycles. The van der Waals surface area contributed by atoms with E-state index in [2.05, 4.69) is 45.9 Å². The maximum absolute atomic E-state index is 2.24. The minimum absolute atomic E-state index is 0.718. The Kier molecular flexibility index (Phi) is 5.00. The smallest absolute Gasteiger partial charge is 0.0261 e. The van der Waals surface area contributed by atoms with Gasteiger partial charge in [0.05, 0.1) is 0 Å². The summed E-state index contributed by atoms with van der Waals surface area (Å²) in [4.78, 5) is 0. The standard InChI is InChI=1S/C10H18/c1-5-10(4)8-6-7-9(2)3/h6-8,10H,5H2,1-4H3/b8-6+. The van der Waals surface area contributed by atoms with E-state index in [1.165, 1.54) is 12.0 Å². The molecule has 1 atom stereocenters. The molecule has 0 saturated heterocycles. The quantitative estimate of drug-likeness (QED) is 0.523. The van der Waals surface area contributed by atoms with Crippen molar-refractivity contribution in [3.05, 3.63) is 23.8 Å². The molecule has 0 saturated carbocycles. The highest BCUT2D eigenvalue weighted by atomic mass is 13.9. The molecule has 0 spiro atoms. The van der Waals surface area contributed by atoms with Gasteiger partial charge in [-0.25, -0.2) is 0 Å². The lowest BCUT2D eigenvalue weighted by Crippen LogP contribution is -1.82. The van der Waals surface area contributed by atoms with E-state index in [-0.39, 0.29) is 0 Å². The summed E-state index contributed by atoms with van der Waals surface area (Å²) in [6.45, 7) is 8.66. The zero-order valence-electron chi connectivity index (χ0n) is 7.52. The molecular weight excluding hydrogens is 120 g/mol. The van der Waals surface area contributed by atoms with Gasteiger partial charge in [0, 0.05) is 0 Å². The van der Waals surface area contributed by atoms with Crippen LogP contribution in [-0.4, -0.2) is 0 Å². The highest BCUT2D eigenvalue weighted by molar-refractivity contribution is 5.08. The van der Waals surface area contributed by atoms with Gasteiger partial charge in [-0.3, -0.25) is 0 Å².